The molecule has 0 aromatic rings. The van der Waals surface area contributed by atoms with Gasteiger partial charge >= 0.3 is 0 Å². The van der Waals surface area contributed by atoms with Crippen LogP contribution in [0, 0.1) is 0 Å². The Morgan fingerprint density at radius 1 is 1.36 bits per heavy atom. The summed E-state index contributed by atoms with van der Waals surface area (Å²) < 4.78 is 0. The first kappa shape index (κ1) is 10.2. The van der Waals surface area contributed by atoms with Crippen LogP contribution in [0.3, 0.4) is 0 Å². The fourth-order valence-electron chi connectivity index (χ4n) is 2.56. The highest BCUT2D eigenvalue weighted by Gasteiger charge is 2.24. The summed E-state index contributed by atoms with van der Waals surface area (Å²) >= 11 is 0. The third-order valence-electron chi connectivity index (χ3n) is 3.47. The number of aliphatic hydroxyl groups excluding tert-OH is 1. The van der Waals surface area contributed by atoms with E-state index in [0.29, 0.717) is 6.04 Å². The molecule has 1 saturated carbocycles. The van der Waals surface area contributed by atoms with E-state index in [0.717, 1.165) is 19.4 Å². The predicted octanol–water partition coefficient (Wildman–Crippen LogP) is 1.99. The summed E-state index contributed by atoms with van der Waals surface area (Å²) in [6.45, 7) is 1.05. The molecule has 0 aromatic carbocycles. The highest BCUT2D eigenvalue weighted by atomic mass is 16.3. The molecule has 2 heteroatoms. The number of nitrogens with one attached hydrogen (secondary N) is 1. The molecule has 2 N–H and O–H groups in total. The van der Waals surface area contributed by atoms with Gasteiger partial charge in [-0.2, -0.15) is 0 Å². The Bertz CT molecular complexity index is 212. The minimum absolute atomic E-state index is 0.0902. The fourth-order valence-corrected chi connectivity index (χ4v) is 2.56. The first-order valence-electron chi connectivity index (χ1n) is 5.95. The Labute approximate surface area is 86.4 Å². The lowest BCUT2D eigenvalue weighted by molar-refractivity contribution is 0.149. The van der Waals surface area contributed by atoms with Crippen LogP contribution in [0.2, 0.25) is 0 Å². The SMILES string of the molecule is O[C@@H]1CCC[C@H]1NCCC1=CCCC1. The second-order valence-corrected chi connectivity index (χ2v) is 4.56. The summed E-state index contributed by atoms with van der Waals surface area (Å²) in [5.74, 6) is 0. The number of rotatable bonds is 4. The van der Waals surface area contributed by atoms with E-state index in [9.17, 15) is 5.11 Å². The molecule has 0 bridgehead atoms. The lowest BCUT2D eigenvalue weighted by Crippen LogP contribution is -2.36. The van der Waals surface area contributed by atoms with E-state index >= 15 is 0 Å². The molecule has 0 saturated heterocycles. The van der Waals surface area contributed by atoms with Gasteiger partial charge in [-0.3, -0.25) is 0 Å². The molecule has 0 heterocycles. The number of allylic oxidation sites excluding steroid dienone is 1. The van der Waals surface area contributed by atoms with Crippen molar-refractivity contribution in [2.24, 2.45) is 0 Å². The van der Waals surface area contributed by atoms with E-state index in [1.54, 1.807) is 5.57 Å². The van der Waals surface area contributed by atoms with Gasteiger partial charge in [-0.25, -0.2) is 0 Å². The molecule has 2 nitrogen and oxygen atoms in total. The van der Waals surface area contributed by atoms with E-state index < -0.39 is 0 Å². The third-order valence-corrected chi connectivity index (χ3v) is 3.47. The highest BCUT2D eigenvalue weighted by molar-refractivity contribution is 5.07. The zero-order chi connectivity index (χ0) is 9.80. The minimum atomic E-state index is -0.0902. The normalized spacial score (nSPS) is 32.2. The van der Waals surface area contributed by atoms with E-state index in [2.05, 4.69) is 11.4 Å². The first-order chi connectivity index (χ1) is 6.86. The van der Waals surface area contributed by atoms with E-state index in [-0.39, 0.29) is 6.10 Å². The summed E-state index contributed by atoms with van der Waals surface area (Å²) in [5.41, 5.74) is 1.62. The number of aliphatic hydroxyl groups is 1. The molecule has 2 aliphatic rings. The van der Waals surface area contributed by atoms with Crippen molar-refractivity contribution in [1.82, 2.24) is 5.32 Å². The minimum Gasteiger partial charge on any atom is -0.392 e. The Morgan fingerprint density at radius 2 is 2.29 bits per heavy atom. The Hall–Kier alpha value is -0.340. The average molecular weight is 195 g/mol. The van der Waals surface area contributed by atoms with Gasteiger partial charge in [0.1, 0.15) is 0 Å². The van der Waals surface area contributed by atoms with Gasteiger partial charge < -0.3 is 10.4 Å². The maximum Gasteiger partial charge on any atom is 0.0693 e. The topological polar surface area (TPSA) is 32.3 Å². The van der Waals surface area contributed by atoms with E-state index in [1.165, 1.54) is 32.1 Å². The van der Waals surface area contributed by atoms with Crippen molar-refractivity contribution in [3.8, 4) is 0 Å². The van der Waals surface area contributed by atoms with Crippen LogP contribution in [-0.2, 0) is 0 Å². The lowest BCUT2D eigenvalue weighted by atomic mass is 10.1. The van der Waals surface area contributed by atoms with Crippen LogP contribution in [0.25, 0.3) is 0 Å². The van der Waals surface area contributed by atoms with Gasteiger partial charge in [0, 0.05) is 6.04 Å². The Kier molecular flexibility index (Phi) is 3.60. The molecule has 0 unspecified atom stereocenters. The Morgan fingerprint density at radius 3 is 2.93 bits per heavy atom. The Balaban J connectivity index is 1.62. The summed E-state index contributed by atoms with van der Waals surface area (Å²) in [5, 5.41) is 13.1. The van der Waals surface area contributed by atoms with Crippen LogP contribution >= 0.6 is 0 Å². The molecule has 0 aromatic heterocycles. The quantitative estimate of drug-likeness (QED) is 0.672. The molecule has 0 amide bonds. The van der Waals surface area contributed by atoms with Gasteiger partial charge in [0.05, 0.1) is 6.10 Å². The molecule has 2 atom stereocenters. The third kappa shape index (κ3) is 2.58. The zero-order valence-electron chi connectivity index (χ0n) is 8.84. The molecule has 0 spiro atoms. The second kappa shape index (κ2) is 4.94. The van der Waals surface area contributed by atoms with E-state index in [4.69, 9.17) is 0 Å². The maximum absolute atomic E-state index is 9.60. The van der Waals surface area contributed by atoms with Gasteiger partial charge in [-0.05, 0) is 51.5 Å². The molecule has 2 aliphatic carbocycles. The van der Waals surface area contributed by atoms with Crippen molar-refractivity contribution in [2.75, 3.05) is 6.54 Å². The molecule has 2 rings (SSSR count). The molecule has 80 valence electrons. The van der Waals surface area contributed by atoms with Crippen LogP contribution in [0.15, 0.2) is 11.6 Å². The molecular weight excluding hydrogens is 174 g/mol. The van der Waals surface area contributed by atoms with Crippen molar-refractivity contribution >= 4 is 0 Å². The highest BCUT2D eigenvalue weighted by Crippen LogP contribution is 2.21. The predicted molar refractivity (Wildman–Crippen MR) is 58.2 cm³/mol. The maximum atomic E-state index is 9.60. The molecule has 1 fully saturated rings. The monoisotopic (exact) mass is 195 g/mol. The van der Waals surface area contributed by atoms with Crippen molar-refractivity contribution in [3.63, 3.8) is 0 Å². The van der Waals surface area contributed by atoms with Crippen LogP contribution < -0.4 is 5.32 Å². The zero-order valence-corrected chi connectivity index (χ0v) is 8.84. The molecule has 14 heavy (non-hydrogen) atoms. The van der Waals surface area contributed by atoms with Crippen molar-refractivity contribution in [2.45, 2.75) is 57.1 Å². The smallest absolute Gasteiger partial charge is 0.0693 e. The summed E-state index contributed by atoms with van der Waals surface area (Å²) in [7, 11) is 0. The van der Waals surface area contributed by atoms with Gasteiger partial charge in [-0.15, -0.1) is 0 Å². The second-order valence-electron chi connectivity index (χ2n) is 4.56. The van der Waals surface area contributed by atoms with Gasteiger partial charge in [0.25, 0.3) is 0 Å². The largest absolute Gasteiger partial charge is 0.392 e. The molecular formula is C12H21NO. The van der Waals surface area contributed by atoms with Gasteiger partial charge in [0.15, 0.2) is 0 Å². The summed E-state index contributed by atoms with van der Waals surface area (Å²) in [6, 6.07) is 0.372. The summed E-state index contributed by atoms with van der Waals surface area (Å²) in [6.07, 6.45) is 10.7. The van der Waals surface area contributed by atoms with Crippen LogP contribution in [-0.4, -0.2) is 23.8 Å². The number of hydrogen-bond donors (Lipinski definition) is 2. The van der Waals surface area contributed by atoms with Crippen LogP contribution in [0.1, 0.15) is 44.9 Å². The van der Waals surface area contributed by atoms with Gasteiger partial charge in [0.2, 0.25) is 0 Å². The molecule has 0 radical (unpaired) electrons. The van der Waals surface area contributed by atoms with Crippen molar-refractivity contribution in [3.05, 3.63) is 11.6 Å². The average Bonchev–Trinajstić information content (AvgIpc) is 2.78. The lowest BCUT2D eigenvalue weighted by Gasteiger charge is -2.16. The van der Waals surface area contributed by atoms with Crippen LogP contribution in [0.4, 0.5) is 0 Å². The summed E-state index contributed by atoms with van der Waals surface area (Å²) in [4.78, 5) is 0. The van der Waals surface area contributed by atoms with Crippen LogP contribution in [0.5, 0.6) is 0 Å². The van der Waals surface area contributed by atoms with Gasteiger partial charge in [-0.1, -0.05) is 11.6 Å². The fraction of sp³-hybridized carbons (Fsp3) is 0.833. The van der Waals surface area contributed by atoms with Crippen molar-refractivity contribution < 1.29 is 5.11 Å². The molecule has 0 aliphatic heterocycles. The number of hydrogen-bond acceptors (Lipinski definition) is 2. The van der Waals surface area contributed by atoms with E-state index in [1.807, 2.05) is 0 Å². The van der Waals surface area contributed by atoms with Crippen molar-refractivity contribution in [1.29, 1.82) is 0 Å². The first-order valence-corrected chi connectivity index (χ1v) is 5.95. The standard InChI is InChI=1S/C12H21NO/c14-12-7-3-6-11(12)13-9-8-10-4-1-2-5-10/h4,11-14H,1-3,5-9H2/t11-,12-/m1/s1.